The van der Waals surface area contributed by atoms with Crippen molar-refractivity contribution in [2.75, 3.05) is 32.6 Å². The molecule has 3 amide bonds. The molecule has 202 valence electrons. The van der Waals surface area contributed by atoms with Gasteiger partial charge in [0.05, 0.1) is 20.8 Å². The average Bonchev–Trinajstić information content (AvgIpc) is 3.69. The molecule has 1 heterocycles. The van der Waals surface area contributed by atoms with Gasteiger partial charge in [0.1, 0.15) is 6.54 Å². The summed E-state index contributed by atoms with van der Waals surface area (Å²) in [6, 6.07) is 17.7. The number of rotatable bonds is 12. The number of nitrogens with zero attached hydrogens (tertiary/aromatic N) is 2. The lowest BCUT2D eigenvalue weighted by molar-refractivity contribution is -0.132. The molecule has 8 heteroatoms. The summed E-state index contributed by atoms with van der Waals surface area (Å²) >= 11 is 1.69. The molecule has 7 nitrogen and oxygen atoms in total. The first kappa shape index (κ1) is 27.5. The number of hydrogen-bond acceptors (Lipinski definition) is 5. The van der Waals surface area contributed by atoms with Crippen molar-refractivity contribution in [3.05, 3.63) is 75.5 Å². The van der Waals surface area contributed by atoms with Crippen molar-refractivity contribution in [1.29, 1.82) is 0 Å². The summed E-state index contributed by atoms with van der Waals surface area (Å²) in [5, 5.41) is 2.99. The smallest absolute Gasteiger partial charge is 0.322 e. The zero-order valence-electron chi connectivity index (χ0n) is 22.7. The third-order valence-electron chi connectivity index (χ3n) is 6.78. The fraction of sp³-hybridized carbons (Fsp3) is 0.400. The van der Waals surface area contributed by atoms with E-state index in [2.05, 4.69) is 31.3 Å². The van der Waals surface area contributed by atoms with Crippen LogP contribution in [0.3, 0.4) is 0 Å². The number of nitrogens with one attached hydrogen (secondary N) is 1. The molecular weight excluding hydrogens is 498 g/mol. The predicted octanol–water partition coefficient (Wildman–Crippen LogP) is 5.90. The topological polar surface area (TPSA) is 71.1 Å². The number of anilines is 1. The molecule has 0 spiro atoms. The molecular formula is C30H37N3O4S. The quantitative estimate of drug-likeness (QED) is 0.313. The first-order valence-electron chi connectivity index (χ1n) is 13.1. The Morgan fingerprint density at radius 3 is 2.29 bits per heavy atom. The molecule has 38 heavy (non-hydrogen) atoms. The predicted molar refractivity (Wildman–Crippen MR) is 152 cm³/mol. The average molecular weight is 536 g/mol. The number of amides is 3. The van der Waals surface area contributed by atoms with Crippen molar-refractivity contribution in [3.8, 4) is 11.5 Å². The molecule has 1 aliphatic carbocycles. The summed E-state index contributed by atoms with van der Waals surface area (Å²) < 4.78 is 10.8. The normalized spacial score (nSPS) is 12.6. The second-order valence-electron chi connectivity index (χ2n) is 9.61. The van der Waals surface area contributed by atoms with E-state index in [1.807, 2.05) is 47.4 Å². The van der Waals surface area contributed by atoms with E-state index in [-0.39, 0.29) is 24.5 Å². The van der Waals surface area contributed by atoms with Gasteiger partial charge in [-0.25, -0.2) is 4.79 Å². The lowest BCUT2D eigenvalue weighted by atomic mass is 10.1. The van der Waals surface area contributed by atoms with Gasteiger partial charge in [-0.1, -0.05) is 25.1 Å². The van der Waals surface area contributed by atoms with E-state index in [1.165, 1.54) is 10.4 Å². The highest BCUT2D eigenvalue weighted by molar-refractivity contribution is 7.11. The Labute approximate surface area is 229 Å². The van der Waals surface area contributed by atoms with Crippen LogP contribution in [0.25, 0.3) is 0 Å². The molecule has 0 unspecified atom stereocenters. The zero-order chi connectivity index (χ0) is 27.1. The van der Waals surface area contributed by atoms with Gasteiger partial charge in [-0.05, 0) is 80.1 Å². The number of thiophene rings is 1. The first-order valence-corrected chi connectivity index (χ1v) is 13.9. The van der Waals surface area contributed by atoms with Crippen molar-refractivity contribution >= 4 is 29.0 Å². The van der Waals surface area contributed by atoms with Gasteiger partial charge in [0.25, 0.3) is 0 Å². The molecule has 0 radical (unpaired) electrons. The number of carbonyl (C=O) groups excluding carboxylic acids is 2. The van der Waals surface area contributed by atoms with Gasteiger partial charge < -0.3 is 24.6 Å². The molecule has 2 aromatic carbocycles. The Balaban J connectivity index is 1.46. The summed E-state index contributed by atoms with van der Waals surface area (Å²) in [5.41, 5.74) is 3.01. The Morgan fingerprint density at radius 1 is 0.974 bits per heavy atom. The summed E-state index contributed by atoms with van der Waals surface area (Å²) in [7, 11) is 3.23. The van der Waals surface area contributed by atoms with Crippen LogP contribution >= 0.6 is 11.3 Å². The molecule has 1 N–H and O–H groups in total. The number of benzene rings is 2. The van der Waals surface area contributed by atoms with E-state index in [0.717, 1.165) is 35.4 Å². The second-order valence-corrected chi connectivity index (χ2v) is 11.0. The van der Waals surface area contributed by atoms with Gasteiger partial charge in [-0.3, -0.25) is 4.79 Å². The van der Waals surface area contributed by atoms with Crippen LogP contribution in [0.5, 0.6) is 11.5 Å². The van der Waals surface area contributed by atoms with Gasteiger partial charge in [0, 0.05) is 28.0 Å². The number of methoxy groups -OCH3 is 2. The van der Waals surface area contributed by atoms with Crippen LogP contribution < -0.4 is 14.8 Å². The van der Waals surface area contributed by atoms with Gasteiger partial charge in [0.15, 0.2) is 11.5 Å². The van der Waals surface area contributed by atoms with Crippen molar-refractivity contribution < 1.29 is 19.1 Å². The molecule has 0 aliphatic heterocycles. The van der Waals surface area contributed by atoms with Crippen LogP contribution in [-0.4, -0.2) is 55.1 Å². The Hall–Kier alpha value is -3.52. The van der Waals surface area contributed by atoms with Crippen molar-refractivity contribution in [2.24, 2.45) is 0 Å². The van der Waals surface area contributed by atoms with E-state index >= 15 is 0 Å². The first-order chi connectivity index (χ1) is 18.4. The van der Waals surface area contributed by atoms with Crippen LogP contribution in [0.15, 0.2) is 54.6 Å². The van der Waals surface area contributed by atoms with E-state index in [1.54, 1.807) is 30.5 Å². The van der Waals surface area contributed by atoms with Crippen LogP contribution in [-0.2, 0) is 24.2 Å². The fourth-order valence-corrected chi connectivity index (χ4v) is 5.27. The van der Waals surface area contributed by atoms with Gasteiger partial charge >= 0.3 is 6.03 Å². The van der Waals surface area contributed by atoms with E-state index in [9.17, 15) is 9.59 Å². The van der Waals surface area contributed by atoms with Crippen LogP contribution in [0.4, 0.5) is 10.5 Å². The minimum Gasteiger partial charge on any atom is -0.493 e. The Kier molecular flexibility index (Phi) is 9.29. The summed E-state index contributed by atoms with van der Waals surface area (Å²) in [5.74, 6) is 1.29. The Bertz CT molecular complexity index is 1240. The minimum absolute atomic E-state index is 0.0554. The molecule has 1 saturated carbocycles. The largest absolute Gasteiger partial charge is 0.493 e. The summed E-state index contributed by atoms with van der Waals surface area (Å²) in [6.07, 6.45) is 3.45. The highest BCUT2D eigenvalue weighted by Crippen LogP contribution is 2.29. The molecule has 1 aliphatic rings. The lowest BCUT2D eigenvalue weighted by Crippen LogP contribution is -2.45. The lowest BCUT2D eigenvalue weighted by Gasteiger charge is -2.28. The van der Waals surface area contributed by atoms with Crippen LogP contribution in [0.2, 0.25) is 0 Å². The summed E-state index contributed by atoms with van der Waals surface area (Å²) in [4.78, 5) is 32.7. The van der Waals surface area contributed by atoms with Crippen LogP contribution in [0, 0.1) is 6.92 Å². The maximum atomic E-state index is 13.6. The molecule has 1 aromatic heterocycles. The van der Waals surface area contributed by atoms with E-state index in [0.29, 0.717) is 31.0 Å². The summed E-state index contributed by atoms with van der Waals surface area (Å²) in [6.45, 7) is 5.27. The minimum atomic E-state index is -0.225. The maximum absolute atomic E-state index is 13.6. The number of hydrogen-bond donors (Lipinski definition) is 1. The van der Waals surface area contributed by atoms with Crippen LogP contribution in [0.1, 0.15) is 40.6 Å². The molecule has 4 rings (SSSR count). The Morgan fingerprint density at radius 2 is 1.68 bits per heavy atom. The monoisotopic (exact) mass is 535 g/mol. The van der Waals surface area contributed by atoms with Gasteiger partial charge in [-0.2, -0.15) is 0 Å². The fourth-order valence-electron chi connectivity index (χ4n) is 4.37. The van der Waals surface area contributed by atoms with E-state index < -0.39 is 0 Å². The maximum Gasteiger partial charge on any atom is 0.322 e. The molecule has 0 saturated heterocycles. The third-order valence-corrected chi connectivity index (χ3v) is 7.77. The zero-order valence-corrected chi connectivity index (χ0v) is 23.5. The van der Waals surface area contributed by atoms with E-state index in [4.69, 9.17) is 9.47 Å². The molecule has 3 aromatic rings. The second kappa shape index (κ2) is 12.8. The highest BCUT2D eigenvalue weighted by Gasteiger charge is 2.35. The third kappa shape index (κ3) is 7.28. The standard InChI is InChI=1S/C30H37N3O4S/c1-5-22-7-10-24(11-8-22)31-30(35)33(25-12-13-25)20-29(34)32(19-26-14-6-21(2)38-26)17-16-23-9-15-27(36-3)28(18-23)37-4/h6-11,14-15,18,25H,5,12-13,16-17,19-20H2,1-4H3,(H,31,35). The molecule has 1 fully saturated rings. The number of urea groups is 1. The number of ether oxygens (including phenoxy) is 2. The van der Waals surface area contributed by atoms with Gasteiger partial charge in [-0.15, -0.1) is 11.3 Å². The van der Waals surface area contributed by atoms with Crippen molar-refractivity contribution in [2.45, 2.75) is 52.1 Å². The highest BCUT2D eigenvalue weighted by atomic mass is 32.1. The number of carbonyl (C=O) groups is 2. The SMILES string of the molecule is CCc1ccc(NC(=O)N(CC(=O)N(CCc2ccc(OC)c(OC)c2)Cc2ccc(C)s2)C2CC2)cc1. The van der Waals surface area contributed by atoms with Crippen molar-refractivity contribution in [3.63, 3.8) is 0 Å². The molecule has 0 atom stereocenters. The van der Waals surface area contributed by atoms with Crippen molar-refractivity contribution in [1.82, 2.24) is 9.80 Å². The van der Waals surface area contributed by atoms with Gasteiger partial charge in [0.2, 0.25) is 5.91 Å². The number of aryl methyl sites for hydroxylation is 2. The molecule has 0 bridgehead atoms.